The smallest absolute Gasteiger partial charge is 0.159 e. The number of aliphatic carboxylic acids is 1. The molecule has 0 saturated carbocycles. The molecule has 1 aromatic rings. The van der Waals surface area contributed by atoms with Gasteiger partial charge in [0.05, 0.1) is 5.97 Å². The monoisotopic (exact) mass is 221 g/mol. The van der Waals surface area contributed by atoms with E-state index >= 15 is 0 Å². The Bertz CT molecular complexity index is 404. The first-order valence-electron chi connectivity index (χ1n) is 4.84. The predicted molar refractivity (Wildman–Crippen MR) is 56.2 cm³/mol. The molecule has 0 aliphatic rings. The number of carbonyl (C=O) groups is 2. The SMILES string of the molecule is CC(=O)c1ccc(OC(C)(C)C(=O)[O-])cc1. The second kappa shape index (κ2) is 4.35. The molecule has 0 aromatic heterocycles. The molecule has 0 amide bonds. The number of Topliss-reactive ketones (excluding diaryl/α,β-unsaturated/α-hetero) is 1. The largest absolute Gasteiger partial charge is 0.546 e. The Hall–Kier alpha value is -1.84. The summed E-state index contributed by atoms with van der Waals surface area (Å²) in [5.41, 5.74) is -0.837. The Morgan fingerprint density at radius 1 is 1.19 bits per heavy atom. The van der Waals surface area contributed by atoms with E-state index in [0.717, 1.165) is 0 Å². The molecule has 0 N–H and O–H groups in total. The van der Waals surface area contributed by atoms with Crippen LogP contribution < -0.4 is 9.84 Å². The Kier molecular flexibility index (Phi) is 3.32. The summed E-state index contributed by atoms with van der Waals surface area (Å²) in [6.07, 6.45) is 0. The molecule has 0 heterocycles. The van der Waals surface area contributed by atoms with E-state index in [1.807, 2.05) is 0 Å². The van der Waals surface area contributed by atoms with Gasteiger partial charge in [-0.2, -0.15) is 0 Å². The summed E-state index contributed by atoms with van der Waals surface area (Å²) >= 11 is 0. The summed E-state index contributed by atoms with van der Waals surface area (Å²) in [6.45, 7) is 4.27. The second-order valence-corrected chi connectivity index (χ2v) is 3.98. The summed E-state index contributed by atoms with van der Waals surface area (Å²) in [6, 6.07) is 6.29. The van der Waals surface area contributed by atoms with Crippen molar-refractivity contribution in [2.45, 2.75) is 26.4 Å². The van der Waals surface area contributed by atoms with Crippen LogP contribution in [0, 0.1) is 0 Å². The lowest BCUT2D eigenvalue weighted by Gasteiger charge is -2.27. The Morgan fingerprint density at radius 3 is 2.06 bits per heavy atom. The fourth-order valence-electron chi connectivity index (χ4n) is 1.09. The maximum Gasteiger partial charge on any atom is 0.159 e. The quantitative estimate of drug-likeness (QED) is 0.705. The van der Waals surface area contributed by atoms with Crippen molar-refractivity contribution in [3.8, 4) is 5.75 Å². The van der Waals surface area contributed by atoms with E-state index in [4.69, 9.17) is 4.74 Å². The van der Waals surface area contributed by atoms with Crippen molar-refractivity contribution in [2.24, 2.45) is 0 Å². The van der Waals surface area contributed by atoms with Gasteiger partial charge in [0.25, 0.3) is 0 Å². The number of rotatable bonds is 4. The lowest BCUT2D eigenvalue weighted by molar-refractivity contribution is -0.320. The minimum absolute atomic E-state index is 0.0503. The zero-order valence-electron chi connectivity index (χ0n) is 9.44. The standard InChI is InChI=1S/C12H14O4/c1-8(13)9-4-6-10(7-5-9)16-12(2,3)11(14)15/h4-7H,1-3H3,(H,14,15)/p-1. The van der Waals surface area contributed by atoms with E-state index in [2.05, 4.69) is 0 Å². The van der Waals surface area contributed by atoms with Gasteiger partial charge in [0.2, 0.25) is 0 Å². The third-order valence-electron chi connectivity index (χ3n) is 2.13. The van der Waals surface area contributed by atoms with Crippen molar-refractivity contribution in [1.29, 1.82) is 0 Å². The van der Waals surface area contributed by atoms with Gasteiger partial charge in [-0.1, -0.05) is 0 Å². The molecular weight excluding hydrogens is 208 g/mol. The first-order valence-corrected chi connectivity index (χ1v) is 4.84. The number of hydrogen-bond donors (Lipinski definition) is 0. The van der Waals surface area contributed by atoms with Crippen LogP contribution in [-0.2, 0) is 4.79 Å². The van der Waals surface area contributed by atoms with Crippen LogP contribution in [0.1, 0.15) is 31.1 Å². The van der Waals surface area contributed by atoms with E-state index in [9.17, 15) is 14.7 Å². The summed E-state index contributed by atoms with van der Waals surface area (Å²) < 4.78 is 5.22. The van der Waals surface area contributed by atoms with E-state index in [1.165, 1.54) is 20.8 Å². The number of carboxylic acids is 1. The Labute approximate surface area is 93.9 Å². The van der Waals surface area contributed by atoms with Gasteiger partial charge in [-0.15, -0.1) is 0 Å². The first-order chi connectivity index (χ1) is 7.33. The van der Waals surface area contributed by atoms with Crippen molar-refractivity contribution in [2.75, 3.05) is 0 Å². The van der Waals surface area contributed by atoms with Crippen molar-refractivity contribution < 1.29 is 19.4 Å². The molecule has 4 heteroatoms. The minimum Gasteiger partial charge on any atom is -0.546 e. The molecular formula is C12H13O4-. The molecule has 1 aromatic carbocycles. The number of ketones is 1. The molecule has 0 atom stereocenters. The van der Waals surface area contributed by atoms with Crippen molar-refractivity contribution in [3.63, 3.8) is 0 Å². The molecule has 0 spiro atoms. The number of carboxylic acid groups (broad SMARTS) is 1. The van der Waals surface area contributed by atoms with Crippen molar-refractivity contribution in [3.05, 3.63) is 29.8 Å². The Morgan fingerprint density at radius 2 is 1.69 bits per heavy atom. The van der Waals surface area contributed by atoms with Crippen LogP contribution in [0.5, 0.6) is 5.75 Å². The normalized spacial score (nSPS) is 10.9. The third-order valence-corrected chi connectivity index (χ3v) is 2.13. The average molecular weight is 221 g/mol. The first kappa shape index (κ1) is 12.2. The molecule has 4 nitrogen and oxygen atoms in total. The molecule has 0 radical (unpaired) electrons. The van der Waals surface area contributed by atoms with Gasteiger partial charge in [0.1, 0.15) is 11.4 Å². The van der Waals surface area contributed by atoms with Crippen LogP contribution in [-0.4, -0.2) is 17.4 Å². The number of hydrogen-bond acceptors (Lipinski definition) is 4. The van der Waals surface area contributed by atoms with Crippen molar-refractivity contribution in [1.82, 2.24) is 0 Å². The lowest BCUT2D eigenvalue weighted by atomic mass is 10.1. The topological polar surface area (TPSA) is 66.4 Å². The minimum atomic E-state index is -1.39. The van der Waals surface area contributed by atoms with Crippen LogP contribution in [0.3, 0.4) is 0 Å². The highest BCUT2D eigenvalue weighted by Gasteiger charge is 2.21. The summed E-state index contributed by atoms with van der Waals surface area (Å²) in [5, 5.41) is 10.7. The predicted octanol–water partition coefficient (Wildman–Crippen LogP) is 0.796. The summed E-state index contributed by atoms with van der Waals surface area (Å²) in [7, 11) is 0. The number of carbonyl (C=O) groups excluding carboxylic acids is 2. The Balaban J connectivity index is 2.84. The van der Waals surface area contributed by atoms with Crippen LogP contribution in [0.2, 0.25) is 0 Å². The molecule has 0 bridgehead atoms. The zero-order valence-corrected chi connectivity index (χ0v) is 9.44. The van der Waals surface area contributed by atoms with Gasteiger partial charge in [0.15, 0.2) is 5.78 Å². The molecule has 1 rings (SSSR count). The number of benzene rings is 1. The summed E-state index contributed by atoms with van der Waals surface area (Å²) in [4.78, 5) is 21.7. The van der Waals surface area contributed by atoms with Gasteiger partial charge in [-0.3, -0.25) is 4.79 Å². The summed E-state index contributed by atoms with van der Waals surface area (Å²) in [5.74, 6) is -0.951. The average Bonchev–Trinajstić information content (AvgIpc) is 2.17. The molecule has 0 fully saturated rings. The fourth-order valence-corrected chi connectivity index (χ4v) is 1.09. The van der Waals surface area contributed by atoms with Crippen molar-refractivity contribution >= 4 is 11.8 Å². The molecule has 86 valence electrons. The molecule has 0 unspecified atom stereocenters. The molecule has 0 saturated heterocycles. The van der Waals surface area contributed by atoms with E-state index in [1.54, 1.807) is 24.3 Å². The van der Waals surface area contributed by atoms with E-state index in [-0.39, 0.29) is 5.78 Å². The highest BCUT2D eigenvalue weighted by molar-refractivity contribution is 5.94. The zero-order chi connectivity index (χ0) is 12.3. The van der Waals surface area contributed by atoms with Gasteiger partial charge in [-0.05, 0) is 45.0 Å². The molecule has 0 aliphatic carbocycles. The third kappa shape index (κ3) is 2.82. The maximum atomic E-state index is 11.0. The molecule has 0 aliphatic heterocycles. The number of ether oxygens (including phenoxy) is 1. The van der Waals surface area contributed by atoms with E-state index in [0.29, 0.717) is 11.3 Å². The highest BCUT2D eigenvalue weighted by atomic mass is 16.5. The van der Waals surface area contributed by atoms with E-state index < -0.39 is 11.6 Å². The lowest BCUT2D eigenvalue weighted by Crippen LogP contribution is -2.47. The highest BCUT2D eigenvalue weighted by Crippen LogP contribution is 2.18. The van der Waals surface area contributed by atoms with Crippen LogP contribution in [0.25, 0.3) is 0 Å². The second-order valence-electron chi connectivity index (χ2n) is 3.98. The van der Waals surface area contributed by atoms with Gasteiger partial charge >= 0.3 is 0 Å². The van der Waals surface area contributed by atoms with Gasteiger partial charge in [-0.25, -0.2) is 0 Å². The van der Waals surface area contributed by atoms with Gasteiger partial charge < -0.3 is 14.6 Å². The molecule has 16 heavy (non-hydrogen) atoms. The van der Waals surface area contributed by atoms with Gasteiger partial charge in [0, 0.05) is 5.56 Å². The maximum absolute atomic E-state index is 11.0. The fraction of sp³-hybridized carbons (Fsp3) is 0.333. The van der Waals surface area contributed by atoms with Crippen LogP contribution in [0.4, 0.5) is 0 Å². The van der Waals surface area contributed by atoms with Crippen LogP contribution >= 0.6 is 0 Å². The van der Waals surface area contributed by atoms with Crippen LogP contribution in [0.15, 0.2) is 24.3 Å².